The van der Waals surface area contributed by atoms with Crippen LogP contribution in [0.3, 0.4) is 0 Å². The number of benzene rings is 1. The number of aryl methyl sites for hydroxylation is 1. The molecule has 234 valence electrons. The number of nitrogens with one attached hydrogen (secondary N) is 3. The van der Waals surface area contributed by atoms with Crippen molar-refractivity contribution in [2.75, 3.05) is 64.1 Å². The molecule has 0 radical (unpaired) electrons. The van der Waals surface area contributed by atoms with Crippen molar-refractivity contribution in [3.8, 4) is 0 Å². The number of carbonyl (C=O) groups is 4. The van der Waals surface area contributed by atoms with E-state index >= 15 is 0 Å². The van der Waals surface area contributed by atoms with Crippen LogP contribution in [-0.4, -0.2) is 98.0 Å². The molecule has 13 heteroatoms. The first kappa shape index (κ1) is 33.4. The number of aliphatic hydroxyl groups is 1. The number of imide groups is 1. The van der Waals surface area contributed by atoms with Crippen molar-refractivity contribution in [1.82, 2.24) is 20.5 Å². The number of hydrogen-bond acceptors (Lipinski definition) is 8. The third-order valence-electron chi connectivity index (χ3n) is 7.07. The zero-order chi connectivity index (χ0) is 31.5. The first-order valence-corrected chi connectivity index (χ1v) is 14.3. The van der Waals surface area contributed by atoms with Crippen LogP contribution in [0.25, 0.3) is 11.6 Å². The highest BCUT2D eigenvalue weighted by molar-refractivity contribution is 6.41. The van der Waals surface area contributed by atoms with E-state index in [-0.39, 0.29) is 68.0 Å². The molecule has 3 rings (SSSR count). The van der Waals surface area contributed by atoms with Crippen molar-refractivity contribution in [3.05, 3.63) is 52.1 Å². The Kier molecular flexibility index (Phi) is 12.4. The number of likely N-dealkylation sites (N-methyl/N-ethyl adjacent to an activating group) is 1. The lowest BCUT2D eigenvalue weighted by Crippen LogP contribution is -2.35. The minimum absolute atomic E-state index is 0.0000223. The van der Waals surface area contributed by atoms with Gasteiger partial charge in [0, 0.05) is 43.0 Å². The van der Waals surface area contributed by atoms with Crippen LogP contribution in [0.4, 0.5) is 14.9 Å². The molecule has 1 aromatic carbocycles. The number of carbonyl (C=O) groups excluding carboxylic acids is 4. The Hall–Kier alpha value is -4.07. The second kappa shape index (κ2) is 16.0. The molecule has 0 fully saturated rings. The Morgan fingerprint density at radius 2 is 1.84 bits per heavy atom. The fraction of sp³-hybridized carbons (Fsp3) is 0.467. The fourth-order valence-corrected chi connectivity index (χ4v) is 4.75. The molecule has 0 atom stereocenters. The highest BCUT2D eigenvalue weighted by atomic mass is 19.1. The van der Waals surface area contributed by atoms with E-state index in [1.165, 1.54) is 18.2 Å². The summed E-state index contributed by atoms with van der Waals surface area (Å²) < 4.78 is 24.8. The van der Waals surface area contributed by atoms with E-state index in [1.54, 1.807) is 13.8 Å². The molecule has 2 heterocycles. The number of rotatable bonds is 15. The molecule has 0 saturated heterocycles. The maximum atomic E-state index is 14.3. The van der Waals surface area contributed by atoms with Gasteiger partial charge in [0.2, 0.25) is 5.91 Å². The van der Waals surface area contributed by atoms with Crippen molar-refractivity contribution in [3.63, 3.8) is 0 Å². The third-order valence-corrected chi connectivity index (χ3v) is 7.07. The van der Waals surface area contributed by atoms with Gasteiger partial charge in [-0.15, -0.1) is 0 Å². The summed E-state index contributed by atoms with van der Waals surface area (Å²) in [4.78, 5) is 56.9. The molecule has 0 aliphatic carbocycles. The number of aliphatic hydroxyl groups excluding tert-OH is 1. The van der Waals surface area contributed by atoms with Crippen LogP contribution >= 0.6 is 0 Å². The number of halogens is 1. The van der Waals surface area contributed by atoms with Gasteiger partial charge in [-0.1, -0.05) is 13.8 Å². The molecule has 4 N–H and O–H groups in total. The molecule has 12 nitrogen and oxygen atoms in total. The maximum Gasteiger partial charge on any atom is 0.421 e. The summed E-state index contributed by atoms with van der Waals surface area (Å²) in [7, 11) is 0. The summed E-state index contributed by atoms with van der Waals surface area (Å²) >= 11 is 0. The monoisotopic (exact) mass is 601 g/mol. The number of amides is 4. The molecule has 0 spiro atoms. The average molecular weight is 602 g/mol. The molecular weight excluding hydrogens is 561 g/mol. The largest absolute Gasteiger partial charge is 0.446 e. The standard InChI is InChI=1S/C30H40FN5O7/c1-5-35(6-2)12-10-33-28(39)27-19(3)24(34-20(27)4)18-23-22-17-21(31)7-8-25(22)36(29(23)40)30(41)43-16-15-42-14-11-32-26(38)9-13-37/h7-8,17-18,34,37H,5-6,9-16H2,1-4H3,(H,32,38)(H,33,39)/b23-18-. The van der Waals surface area contributed by atoms with Crippen molar-refractivity contribution in [2.45, 2.75) is 34.1 Å². The van der Waals surface area contributed by atoms with Gasteiger partial charge in [-0.3, -0.25) is 14.4 Å². The number of hydrogen-bond donors (Lipinski definition) is 4. The molecule has 2 aromatic rings. The van der Waals surface area contributed by atoms with Crippen molar-refractivity contribution >= 4 is 41.2 Å². The number of H-pyrrole nitrogens is 1. The predicted octanol–water partition coefficient (Wildman–Crippen LogP) is 2.38. The predicted molar refractivity (Wildman–Crippen MR) is 159 cm³/mol. The number of aromatic amines is 1. The SMILES string of the molecule is CCN(CC)CCNC(=O)c1c(C)[nH]c(/C=C2\C(=O)N(C(=O)OCCOCCNC(=O)CCO)c3ccc(F)cc32)c1C. The molecule has 1 aliphatic rings. The lowest BCUT2D eigenvalue weighted by Gasteiger charge is -2.18. The Morgan fingerprint density at radius 1 is 1.09 bits per heavy atom. The number of aromatic nitrogens is 1. The van der Waals surface area contributed by atoms with Crippen LogP contribution < -0.4 is 15.5 Å². The highest BCUT2D eigenvalue weighted by Gasteiger charge is 2.38. The summed E-state index contributed by atoms with van der Waals surface area (Å²) in [6.07, 6.45) is 0.561. The molecule has 1 aliphatic heterocycles. The van der Waals surface area contributed by atoms with Gasteiger partial charge in [0.05, 0.1) is 36.6 Å². The van der Waals surface area contributed by atoms with E-state index in [4.69, 9.17) is 14.6 Å². The van der Waals surface area contributed by atoms with E-state index in [2.05, 4.69) is 34.4 Å². The van der Waals surface area contributed by atoms with Crippen molar-refractivity contribution in [2.24, 2.45) is 0 Å². The highest BCUT2D eigenvalue weighted by Crippen LogP contribution is 2.39. The summed E-state index contributed by atoms with van der Waals surface area (Å²) in [6.45, 7) is 10.6. The summed E-state index contributed by atoms with van der Waals surface area (Å²) in [5.74, 6) is -1.83. The average Bonchev–Trinajstić information content (AvgIpc) is 3.41. The van der Waals surface area contributed by atoms with Crippen LogP contribution in [0, 0.1) is 19.7 Å². The third kappa shape index (κ3) is 8.49. The summed E-state index contributed by atoms with van der Waals surface area (Å²) in [5, 5.41) is 14.2. The van der Waals surface area contributed by atoms with Crippen molar-refractivity contribution in [1.29, 1.82) is 0 Å². The van der Waals surface area contributed by atoms with Crippen LogP contribution in [0.5, 0.6) is 0 Å². The van der Waals surface area contributed by atoms with Gasteiger partial charge in [0.1, 0.15) is 12.4 Å². The maximum absolute atomic E-state index is 14.3. The minimum atomic E-state index is -0.950. The van der Waals surface area contributed by atoms with Gasteiger partial charge in [0.15, 0.2) is 0 Å². The van der Waals surface area contributed by atoms with Gasteiger partial charge >= 0.3 is 6.09 Å². The Labute approximate surface area is 250 Å². The van der Waals surface area contributed by atoms with E-state index < -0.39 is 17.8 Å². The van der Waals surface area contributed by atoms with Gasteiger partial charge in [0.25, 0.3) is 11.8 Å². The first-order chi connectivity index (χ1) is 20.6. The molecule has 43 heavy (non-hydrogen) atoms. The summed E-state index contributed by atoms with van der Waals surface area (Å²) in [5.41, 5.74) is 2.62. The smallest absolute Gasteiger partial charge is 0.421 e. The molecule has 1 aromatic heterocycles. The minimum Gasteiger partial charge on any atom is -0.446 e. The lowest BCUT2D eigenvalue weighted by atomic mass is 10.0. The van der Waals surface area contributed by atoms with E-state index in [0.717, 1.165) is 30.6 Å². The topological polar surface area (TPSA) is 153 Å². The van der Waals surface area contributed by atoms with Gasteiger partial charge in [-0.2, -0.15) is 0 Å². The Balaban J connectivity index is 1.70. The first-order valence-electron chi connectivity index (χ1n) is 14.3. The molecule has 0 bridgehead atoms. The molecule has 0 saturated carbocycles. The quantitative estimate of drug-likeness (QED) is 0.179. The normalized spacial score (nSPS) is 13.5. The number of ether oxygens (including phenoxy) is 2. The Bertz CT molecular complexity index is 1350. The second-order valence-corrected chi connectivity index (χ2v) is 9.86. The zero-order valence-electron chi connectivity index (χ0n) is 25.0. The van der Waals surface area contributed by atoms with Gasteiger partial charge in [-0.05, 0) is 56.8 Å². The van der Waals surface area contributed by atoms with E-state index in [1.807, 2.05) is 0 Å². The van der Waals surface area contributed by atoms with Crippen LogP contribution in [-0.2, 0) is 19.1 Å². The molecule has 0 unspecified atom stereocenters. The van der Waals surface area contributed by atoms with Crippen molar-refractivity contribution < 1.29 is 38.1 Å². The number of anilines is 1. The second-order valence-electron chi connectivity index (χ2n) is 9.86. The zero-order valence-corrected chi connectivity index (χ0v) is 25.0. The lowest BCUT2D eigenvalue weighted by molar-refractivity contribution is -0.122. The van der Waals surface area contributed by atoms with E-state index in [0.29, 0.717) is 29.1 Å². The van der Waals surface area contributed by atoms with Gasteiger partial charge < -0.3 is 35.1 Å². The number of fused-ring (bicyclic) bond motifs is 1. The number of nitrogens with zero attached hydrogens (tertiary/aromatic N) is 2. The fourth-order valence-electron chi connectivity index (χ4n) is 4.75. The summed E-state index contributed by atoms with van der Waals surface area (Å²) in [6, 6.07) is 3.65. The van der Waals surface area contributed by atoms with Gasteiger partial charge in [-0.25, -0.2) is 14.1 Å². The van der Waals surface area contributed by atoms with E-state index in [9.17, 15) is 23.6 Å². The van der Waals surface area contributed by atoms with Crippen LogP contribution in [0.15, 0.2) is 18.2 Å². The van der Waals surface area contributed by atoms with Crippen LogP contribution in [0.1, 0.15) is 53.1 Å². The molecule has 4 amide bonds. The van der Waals surface area contributed by atoms with Crippen LogP contribution in [0.2, 0.25) is 0 Å². The Morgan fingerprint density at radius 3 is 2.53 bits per heavy atom. The molecular formula is C30H40FN5O7.